The Balaban J connectivity index is 2.66. The Labute approximate surface area is 119 Å². The van der Waals surface area contributed by atoms with Gasteiger partial charge in [0.2, 0.25) is 0 Å². The fourth-order valence-corrected chi connectivity index (χ4v) is 1.60. The Morgan fingerprint density at radius 3 is 2.30 bits per heavy atom. The smallest absolute Gasteiger partial charge is 0.274 e. The Hall–Kier alpha value is -1.73. The van der Waals surface area contributed by atoms with Gasteiger partial charge in [-0.15, -0.1) is 0 Å². The van der Waals surface area contributed by atoms with Crippen molar-refractivity contribution in [2.24, 2.45) is 0 Å². The quantitative estimate of drug-likeness (QED) is 0.666. The molecule has 0 unspecified atom stereocenters. The maximum absolute atomic E-state index is 12.3. The maximum atomic E-state index is 12.3. The highest BCUT2D eigenvalue weighted by Crippen LogP contribution is 2.03. The first-order chi connectivity index (χ1) is 9.69. The summed E-state index contributed by atoms with van der Waals surface area (Å²) in [6, 6.07) is 0. The summed E-state index contributed by atoms with van der Waals surface area (Å²) in [7, 11) is 0. The molecule has 1 amide bonds. The highest BCUT2D eigenvalue weighted by molar-refractivity contribution is 5.92. The third-order valence-electron chi connectivity index (χ3n) is 2.58. The molecule has 0 saturated heterocycles. The molecular formula is C13H22N4O3. The first-order valence-electron chi connectivity index (χ1n) is 6.71. The van der Waals surface area contributed by atoms with E-state index < -0.39 is 0 Å². The summed E-state index contributed by atoms with van der Waals surface area (Å²) in [5.41, 5.74) is 5.78. The van der Waals surface area contributed by atoms with Gasteiger partial charge in [0.15, 0.2) is 0 Å². The van der Waals surface area contributed by atoms with Crippen molar-refractivity contribution in [3.8, 4) is 0 Å². The predicted octanol–water partition coefficient (Wildman–Crippen LogP) is 0.574. The molecule has 1 rings (SSSR count). The first-order valence-corrected chi connectivity index (χ1v) is 6.71. The molecule has 0 saturated carbocycles. The van der Waals surface area contributed by atoms with Crippen molar-refractivity contribution in [1.29, 1.82) is 0 Å². The van der Waals surface area contributed by atoms with Crippen molar-refractivity contribution in [1.82, 2.24) is 14.9 Å². The Morgan fingerprint density at radius 2 is 1.80 bits per heavy atom. The molecule has 0 bridgehead atoms. The van der Waals surface area contributed by atoms with Crippen LogP contribution in [0.25, 0.3) is 0 Å². The zero-order valence-corrected chi connectivity index (χ0v) is 12.0. The molecule has 1 aromatic rings. The number of nitrogen functional groups attached to an aromatic ring is 1. The second-order valence-electron chi connectivity index (χ2n) is 4.02. The van der Waals surface area contributed by atoms with Gasteiger partial charge in [-0.1, -0.05) is 0 Å². The topological polar surface area (TPSA) is 90.6 Å². The van der Waals surface area contributed by atoms with Crippen molar-refractivity contribution >= 4 is 11.7 Å². The van der Waals surface area contributed by atoms with Crippen LogP contribution >= 0.6 is 0 Å². The lowest BCUT2D eigenvalue weighted by Crippen LogP contribution is -2.37. The molecule has 0 aliphatic heterocycles. The first kappa shape index (κ1) is 16.3. The summed E-state index contributed by atoms with van der Waals surface area (Å²) in [5, 5.41) is 0. The largest absolute Gasteiger partial charge is 0.382 e. The highest BCUT2D eigenvalue weighted by Gasteiger charge is 2.17. The predicted molar refractivity (Wildman–Crippen MR) is 75.3 cm³/mol. The fraction of sp³-hybridized carbons (Fsp3) is 0.615. The van der Waals surface area contributed by atoms with Crippen LogP contribution in [0, 0.1) is 0 Å². The van der Waals surface area contributed by atoms with Gasteiger partial charge in [0, 0.05) is 26.3 Å². The summed E-state index contributed by atoms with van der Waals surface area (Å²) in [5.74, 6) is 0.00891. The van der Waals surface area contributed by atoms with Crippen molar-refractivity contribution in [3.05, 3.63) is 18.1 Å². The number of rotatable bonds is 9. The number of hydrogen-bond acceptors (Lipinski definition) is 6. The number of anilines is 1. The summed E-state index contributed by atoms with van der Waals surface area (Å²) in [6.07, 6.45) is 2.81. The Kier molecular flexibility index (Phi) is 7.52. The number of amides is 1. The number of hydrogen-bond donors (Lipinski definition) is 1. The lowest BCUT2D eigenvalue weighted by Gasteiger charge is -2.22. The van der Waals surface area contributed by atoms with Crippen LogP contribution in [0.15, 0.2) is 12.4 Å². The number of aromatic nitrogens is 2. The van der Waals surface area contributed by atoms with E-state index in [0.29, 0.717) is 39.5 Å². The lowest BCUT2D eigenvalue weighted by molar-refractivity contribution is 0.0545. The van der Waals surface area contributed by atoms with E-state index in [1.54, 1.807) is 4.90 Å². The van der Waals surface area contributed by atoms with Gasteiger partial charge >= 0.3 is 0 Å². The van der Waals surface area contributed by atoms with Crippen LogP contribution in [0.5, 0.6) is 0 Å². The molecule has 7 heteroatoms. The van der Waals surface area contributed by atoms with Crippen LogP contribution in [-0.4, -0.2) is 60.3 Å². The van der Waals surface area contributed by atoms with Crippen molar-refractivity contribution in [2.45, 2.75) is 13.8 Å². The zero-order chi connectivity index (χ0) is 14.8. The minimum absolute atomic E-state index is 0.218. The average Bonchev–Trinajstić information content (AvgIpc) is 2.45. The number of nitrogens with zero attached hydrogens (tertiary/aromatic N) is 3. The summed E-state index contributed by atoms with van der Waals surface area (Å²) >= 11 is 0. The van der Waals surface area contributed by atoms with Crippen LogP contribution in [0.4, 0.5) is 5.82 Å². The number of carbonyl (C=O) groups is 1. The minimum Gasteiger partial charge on any atom is -0.382 e. The van der Waals surface area contributed by atoms with E-state index in [2.05, 4.69) is 9.97 Å². The Bertz CT molecular complexity index is 404. The fourth-order valence-electron chi connectivity index (χ4n) is 1.60. The molecule has 1 heterocycles. The molecule has 1 aromatic heterocycles. The normalized spacial score (nSPS) is 10.5. The van der Waals surface area contributed by atoms with Crippen LogP contribution in [0.3, 0.4) is 0 Å². The zero-order valence-electron chi connectivity index (χ0n) is 12.0. The molecule has 0 aliphatic rings. The molecule has 0 atom stereocenters. The molecule has 0 aliphatic carbocycles. The molecule has 7 nitrogen and oxygen atoms in total. The molecule has 0 aromatic carbocycles. The summed E-state index contributed by atoms with van der Waals surface area (Å²) in [4.78, 5) is 21.9. The second-order valence-corrected chi connectivity index (χ2v) is 4.02. The van der Waals surface area contributed by atoms with E-state index in [1.165, 1.54) is 12.4 Å². The van der Waals surface area contributed by atoms with Gasteiger partial charge < -0.3 is 20.1 Å². The summed E-state index contributed by atoms with van der Waals surface area (Å²) < 4.78 is 10.6. The summed E-state index contributed by atoms with van der Waals surface area (Å²) in [6.45, 7) is 6.98. The van der Waals surface area contributed by atoms with Crippen molar-refractivity contribution < 1.29 is 14.3 Å². The van der Waals surface area contributed by atoms with E-state index >= 15 is 0 Å². The van der Waals surface area contributed by atoms with E-state index in [-0.39, 0.29) is 17.4 Å². The van der Waals surface area contributed by atoms with Crippen LogP contribution < -0.4 is 5.73 Å². The SMILES string of the molecule is CCOCCN(CCOCC)C(=O)c1cncc(N)n1. The van der Waals surface area contributed by atoms with E-state index in [1.807, 2.05) is 13.8 Å². The van der Waals surface area contributed by atoms with Gasteiger partial charge in [-0.2, -0.15) is 0 Å². The Morgan fingerprint density at radius 1 is 1.20 bits per heavy atom. The molecule has 0 fully saturated rings. The van der Waals surface area contributed by atoms with E-state index in [0.717, 1.165) is 0 Å². The third kappa shape index (κ3) is 5.50. The molecular weight excluding hydrogens is 260 g/mol. The highest BCUT2D eigenvalue weighted by atomic mass is 16.5. The standard InChI is InChI=1S/C13H22N4O3/c1-3-19-7-5-17(6-8-20-4-2)13(18)11-9-15-10-12(14)16-11/h9-10H,3-8H2,1-2H3,(H2,14,16). The molecule has 112 valence electrons. The molecule has 0 radical (unpaired) electrons. The molecule has 2 N–H and O–H groups in total. The third-order valence-corrected chi connectivity index (χ3v) is 2.58. The monoisotopic (exact) mass is 282 g/mol. The van der Waals surface area contributed by atoms with Crippen molar-refractivity contribution in [3.63, 3.8) is 0 Å². The van der Waals surface area contributed by atoms with Gasteiger partial charge in [-0.05, 0) is 13.8 Å². The number of ether oxygens (including phenoxy) is 2. The number of carbonyl (C=O) groups excluding carboxylic acids is 1. The molecule has 0 spiro atoms. The lowest BCUT2D eigenvalue weighted by atomic mass is 10.3. The van der Waals surface area contributed by atoms with Gasteiger partial charge in [-0.25, -0.2) is 4.98 Å². The van der Waals surface area contributed by atoms with Gasteiger partial charge in [-0.3, -0.25) is 9.78 Å². The van der Waals surface area contributed by atoms with Crippen LogP contribution in [0.1, 0.15) is 24.3 Å². The van der Waals surface area contributed by atoms with Gasteiger partial charge in [0.1, 0.15) is 11.5 Å². The van der Waals surface area contributed by atoms with Crippen molar-refractivity contribution in [2.75, 3.05) is 45.3 Å². The average molecular weight is 282 g/mol. The van der Waals surface area contributed by atoms with E-state index in [9.17, 15) is 4.79 Å². The van der Waals surface area contributed by atoms with Crippen LogP contribution in [-0.2, 0) is 9.47 Å². The van der Waals surface area contributed by atoms with Crippen LogP contribution in [0.2, 0.25) is 0 Å². The second kappa shape index (κ2) is 9.22. The number of nitrogens with two attached hydrogens (primary N) is 1. The van der Waals surface area contributed by atoms with Gasteiger partial charge in [0.25, 0.3) is 5.91 Å². The minimum atomic E-state index is -0.218. The van der Waals surface area contributed by atoms with E-state index in [4.69, 9.17) is 15.2 Å². The molecule has 20 heavy (non-hydrogen) atoms. The van der Waals surface area contributed by atoms with Gasteiger partial charge in [0.05, 0.1) is 25.6 Å². The maximum Gasteiger partial charge on any atom is 0.274 e.